The number of fused-ring (bicyclic) bond motifs is 1. The van der Waals surface area contributed by atoms with Crippen LogP contribution in [-0.2, 0) is 25.2 Å². The first-order chi connectivity index (χ1) is 15.9. The van der Waals surface area contributed by atoms with E-state index >= 15 is 0 Å². The molecule has 1 aliphatic rings. The molecule has 1 aromatic heterocycles. The summed E-state index contributed by atoms with van der Waals surface area (Å²) in [5, 5.41) is 1.00. The van der Waals surface area contributed by atoms with Crippen molar-refractivity contribution < 1.29 is 31.1 Å². The van der Waals surface area contributed by atoms with Gasteiger partial charge >= 0.3 is 18.4 Å². The first kappa shape index (κ1) is 24.0. The number of rotatable bonds is 5. The number of para-hydroxylation sites is 1. The second-order valence-corrected chi connectivity index (χ2v) is 8.66. The number of carbonyl (C=O) groups excluding carboxylic acids is 1. The van der Waals surface area contributed by atoms with Gasteiger partial charge in [0.25, 0.3) is 0 Å². The molecule has 0 bridgehead atoms. The molecule has 2 atom stereocenters. The fraction of sp³-hybridized carbons (Fsp3) is 0.375. The van der Waals surface area contributed by atoms with E-state index < -0.39 is 23.5 Å². The van der Waals surface area contributed by atoms with E-state index in [0.29, 0.717) is 6.42 Å². The van der Waals surface area contributed by atoms with Gasteiger partial charge in [-0.3, -0.25) is 0 Å². The summed E-state index contributed by atoms with van der Waals surface area (Å²) in [6.07, 6.45) is -7.24. The minimum absolute atomic E-state index is 0.0342. The molecule has 3 aromatic rings. The molecule has 0 spiro atoms. The summed E-state index contributed by atoms with van der Waals surface area (Å²) < 4.78 is 79.3. The zero-order valence-corrected chi connectivity index (χ0v) is 18.5. The Kier molecular flexibility index (Phi) is 6.03. The first-order valence-corrected chi connectivity index (χ1v) is 10.7. The molecule has 1 saturated heterocycles. The molecule has 4 nitrogen and oxygen atoms in total. The van der Waals surface area contributed by atoms with Crippen molar-refractivity contribution in [1.82, 2.24) is 14.8 Å². The van der Waals surface area contributed by atoms with Crippen LogP contribution in [0.15, 0.2) is 48.7 Å². The molecule has 2 heterocycles. The molecule has 1 aliphatic heterocycles. The van der Waals surface area contributed by atoms with Crippen molar-refractivity contribution in [2.45, 2.75) is 43.7 Å². The fourth-order valence-corrected chi connectivity index (χ4v) is 4.71. The lowest BCUT2D eigenvalue weighted by molar-refractivity contribution is -0.143. The van der Waals surface area contributed by atoms with Crippen molar-refractivity contribution >= 4 is 16.9 Å². The van der Waals surface area contributed by atoms with E-state index in [9.17, 15) is 31.1 Å². The number of aromatic nitrogens is 1. The summed E-state index contributed by atoms with van der Waals surface area (Å²) in [4.78, 5) is 18.9. The van der Waals surface area contributed by atoms with Crippen LogP contribution in [0.2, 0.25) is 0 Å². The Morgan fingerprint density at radius 2 is 1.47 bits per heavy atom. The lowest BCUT2D eigenvalue weighted by Crippen LogP contribution is -2.37. The van der Waals surface area contributed by atoms with Crippen LogP contribution in [0.25, 0.3) is 10.9 Å². The standard InChI is InChI=1S/C24H23F6N3O/c1-32-20(8-7-14-9-16(23(25,26)27)12-17(10-14)24(28,29)30)21(33(2)22(32)34)11-15-13-31-19-6-4-3-5-18(15)19/h3-6,9-10,12-13,20-21,31H,7-8,11H2,1-2H3. The van der Waals surface area contributed by atoms with Gasteiger partial charge in [-0.1, -0.05) is 18.2 Å². The number of amides is 2. The number of urea groups is 1. The predicted molar refractivity (Wildman–Crippen MR) is 115 cm³/mol. The monoisotopic (exact) mass is 483 g/mol. The molecule has 4 rings (SSSR count). The molecule has 182 valence electrons. The number of hydrogen-bond donors (Lipinski definition) is 1. The maximum atomic E-state index is 13.2. The fourth-order valence-electron chi connectivity index (χ4n) is 4.71. The van der Waals surface area contributed by atoms with Gasteiger partial charge in [0.1, 0.15) is 0 Å². The molecule has 0 radical (unpaired) electrons. The summed E-state index contributed by atoms with van der Waals surface area (Å²) in [7, 11) is 3.26. The second-order valence-electron chi connectivity index (χ2n) is 8.66. The number of aryl methyl sites for hydroxylation is 1. The van der Waals surface area contributed by atoms with Crippen LogP contribution in [0.5, 0.6) is 0 Å². The van der Waals surface area contributed by atoms with Crippen molar-refractivity contribution in [3.05, 3.63) is 70.9 Å². The van der Waals surface area contributed by atoms with E-state index in [1.165, 1.54) is 4.90 Å². The van der Waals surface area contributed by atoms with Gasteiger partial charge in [-0.25, -0.2) is 4.79 Å². The van der Waals surface area contributed by atoms with Gasteiger partial charge in [0.15, 0.2) is 0 Å². The van der Waals surface area contributed by atoms with Crippen molar-refractivity contribution in [1.29, 1.82) is 0 Å². The topological polar surface area (TPSA) is 39.3 Å². The van der Waals surface area contributed by atoms with E-state index in [2.05, 4.69) is 4.98 Å². The molecular formula is C24H23F6N3O. The highest BCUT2D eigenvalue weighted by Gasteiger charge is 2.42. The number of hydrogen-bond acceptors (Lipinski definition) is 1. The SMILES string of the molecule is CN1C(=O)N(C)C(Cc2c[nH]c3ccccc23)C1CCc1cc(C(F)(F)F)cc(C(F)(F)F)c1. The third-order valence-electron chi connectivity index (χ3n) is 6.52. The smallest absolute Gasteiger partial charge is 0.361 e. The zero-order chi connectivity index (χ0) is 24.8. The van der Waals surface area contributed by atoms with Crippen LogP contribution in [0.3, 0.4) is 0 Å². The molecule has 2 amide bonds. The Labute approximate surface area is 192 Å². The van der Waals surface area contributed by atoms with Crippen LogP contribution in [0, 0.1) is 0 Å². The Bertz CT molecular complexity index is 1170. The van der Waals surface area contributed by atoms with Gasteiger partial charge in [-0.15, -0.1) is 0 Å². The number of halogens is 6. The Balaban J connectivity index is 1.60. The summed E-state index contributed by atoms with van der Waals surface area (Å²) in [6, 6.07) is 8.41. The normalized spacial score (nSPS) is 19.5. The average molecular weight is 483 g/mol. The summed E-state index contributed by atoms with van der Waals surface area (Å²) in [5.74, 6) is 0. The molecule has 10 heteroatoms. The Morgan fingerprint density at radius 3 is 2.09 bits per heavy atom. The molecule has 0 aliphatic carbocycles. The number of carbonyl (C=O) groups is 1. The molecular weight excluding hydrogens is 460 g/mol. The highest BCUT2D eigenvalue weighted by atomic mass is 19.4. The van der Waals surface area contributed by atoms with Gasteiger partial charge < -0.3 is 14.8 Å². The quantitative estimate of drug-likeness (QED) is 0.437. The number of benzene rings is 2. The molecule has 1 fully saturated rings. The molecule has 2 unspecified atom stereocenters. The van der Waals surface area contributed by atoms with Crippen LogP contribution in [0.4, 0.5) is 31.1 Å². The van der Waals surface area contributed by atoms with Crippen LogP contribution in [-0.4, -0.2) is 47.0 Å². The van der Waals surface area contributed by atoms with E-state index in [1.807, 2.05) is 30.5 Å². The number of likely N-dealkylation sites (N-methyl/N-ethyl adjacent to an activating group) is 2. The van der Waals surface area contributed by atoms with E-state index in [-0.39, 0.29) is 42.6 Å². The van der Waals surface area contributed by atoms with E-state index in [0.717, 1.165) is 28.6 Å². The number of nitrogens with zero attached hydrogens (tertiary/aromatic N) is 2. The van der Waals surface area contributed by atoms with Crippen LogP contribution in [0.1, 0.15) is 28.7 Å². The van der Waals surface area contributed by atoms with E-state index in [4.69, 9.17) is 0 Å². The average Bonchev–Trinajstić information content (AvgIpc) is 3.26. The van der Waals surface area contributed by atoms with Crippen molar-refractivity contribution in [3.63, 3.8) is 0 Å². The predicted octanol–water partition coefficient (Wildman–Crippen LogP) is 6.12. The number of nitrogens with one attached hydrogen (secondary N) is 1. The molecule has 1 N–H and O–H groups in total. The lowest BCUT2D eigenvalue weighted by atomic mass is 9.93. The third-order valence-corrected chi connectivity index (χ3v) is 6.52. The van der Waals surface area contributed by atoms with E-state index in [1.54, 1.807) is 19.0 Å². The zero-order valence-electron chi connectivity index (χ0n) is 18.5. The minimum atomic E-state index is -4.89. The highest BCUT2D eigenvalue weighted by molar-refractivity contribution is 5.83. The van der Waals surface area contributed by atoms with Crippen molar-refractivity contribution in [2.75, 3.05) is 14.1 Å². The maximum Gasteiger partial charge on any atom is 0.416 e. The van der Waals surface area contributed by atoms with Gasteiger partial charge in [0.2, 0.25) is 0 Å². The van der Waals surface area contributed by atoms with Gasteiger partial charge in [0, 0.05) is 31.2 Å². The van der Waals surface area contributed by atoms with Crippen LogP contribution >= 0.6 is 0 Å². The van der Waals surface area contributed by atoms with Crippen molar-refractivity contribution in [2.24, 2.45) is 0 Å². The number of aromatic amines is 1. The maximum absolute atomic E-state index is 13.2. The molecule has 0 saturated carbocycles. The van der Waals surface area contributed by atoms with Gasteiger partial charge in [-0.05, 0) is 54.7 Å². The molecule has 34 heavy (non-hydrogen) atoms. The largest absolute Gasteiger partial charge is 0.416 e. The molecule has 2 aromatic carbocycles. The Morgan fingerprint density at radius 1 is 0.882 bits per heavy atom. The van der Waals surface area contributed by atoms with Gasteiger partial charge in [0.05, 0.1) is 23.2 Å². The minimum Gasteiger partial charge on any atom is -0.361 e. The lowest BCUT2D eigenvalue weighted by Gasteiger charge is -2.25. The second kappa shape index (κ2) is 8.56. The van der Waals surface area contributed by atoms with Gasteiger partial charge in [-0.2, -0.15) is 26.3 Å². The first-order valence-electron chi connectivity index (χ1n) is 10.7. The highest BCUT2D eigenvalue weighted by Crippen LogP contribution is 2.37. The third kappa shape index (κ3) is 4.58. The summed E-state index contributed by atoms with van der Waals surface area (Å²) >= 11 is 0. The Hall–Kier alpha value is -3.17. The number of H-pyrrole nitrogens is 1. The van der Waals surface area contributed by atoms with Crippen molar-refractivity contribution in [3.8, 4) is 0 Å². The summed E-state index contributed by atoms with van der Waals surface area (Å²) in [6.45, 7) is 0. The van der Waals surface area contributed by atoms with Crippen LogP contribution < -0.4 is 0 Å². The summed E-state index contributed by atoms with van der Waals surface area (Å²) in [5.41, 5.74) is -0.804. The number of alkyl halides is 6.